The number of rotatable bonds is 3. The van der Waals surface area contributed by atoms with Crippen LogP contribution in [0, 0.1) is 17.6 Å². The lowest BCUT2D eigenvalue weighted by atomic mass is 9.98. The highest BCUT2D eigenvalue weighted by Crippen LogP contribution is 2.30. The molecule has 0 saturated carbocycles. The van der Waals surface area contributed by atoms with Crippen molar-refractivity contribution in [3.8, 4) is 0 Å². The van der Waals surface area contributed by atoms with E-state index in [-0.39, 0.29) is 12.0 Å². The molecule has 0 aliphatic carbocycles. The Morgan fingerprint density at radius 3 is 2.41 bits per heavy atom. The molecule has 7 nitrogen and oxygen atoms in total. The van der Waals surface area contributed by atoms with Gasteiger partial charge in [-0.05, 0) is 25.8 Å². The van der Waals surface area contributed by atoms with Crippen LogP contribution in [-0.2, 0) is 9.53 Å². The number of carbonyl (C=O) groups excluding carboxylic acids is 3. The number of carbonyl (C=O) groups is 3. The molecule has 0 aromatic heterocycles. The molecule has 2 atom stereocenters. The normalized spacial score (nSPS) is 22.5. The number of methoxy groups -OCH3 is 1. The third-order valence-electron chi connectivity index (χ3n) is 5.42. The second-order valence-electron chi connectivity index (χ2n) is 7.30. The van der Waals surface area contributed by atoms with E-state index < -0.39 is 41.0 Å². The van der Waals surface area contributed by atoms with Crippen LogP contribution in [-0.4, -0.2) is 55.0 Å². The fourth-order valence-corrected chi connectivity index (χ4v) is 3.43. The van der Waals surface area contributed by atoms with Crippen LogP contribution in [0.5, 0.6) is 0 Å². The van der Waals surface area contributed by atoms with E-state index in [0.29, 0.717) is 29.2 Å². The Hall–Kier alpha value is -2.65. The van der Waals surface area contributed by atoms with Crippen molar-refractivity contribution in [2.75, 3.05) is 20.2 Å². The molecule has 2 N–H and O–H groups in total. The van der Waals surface area contributed by atoms with Crippen molar-refractivity contribution in [3.05, 3.63) is 47.2 Å². The summed E-state index contributed by atoms with van der Waals surface area (Å²) >= 11 is 0. The van der Waals surface area contributed by atoms with Gasteiger partial charge in [0.15, 0.2) is 0 Å². The van der Waals surface area contributed by atoms with Crippen LogP contribution >= 0.6 is 0 Å². The molecule has 156 valence electrons. The molecule has 1 aromatic rings. The lowest BCUT2D eigenvalue weighted by molar-refractivity contribution is -0.125. The summed E-state index contributed by atoms with van der Waals surface area (Å²) in [5.74, 6) is -3.62. The van der Waals surface area contributed by atoms with Crippen LogP contribution in [0.2, 0.25) is 0 Å². The summed E-state index contributed by atoms with van der Waals surface area (Å²) in [4.78, 5) is 37.0. The van der Waals surface area contributed by atoms with E-state index in [0.717, 1.165) is 25.1 Å². The minimum Gasteiger partial charge on any atom is -0.381 e. The van der Waals surface area contributed by atoms with Crippen LogP contribution in [0.3, 0.4) is 0 Å². The second-order valence-corrected chi connectivity index (χ2v) is 7.30. The van der Waals surface area contributed by atoms with Crippen LogP contribution in [0.15, 0.2) is 24.4 Å². The van der Waals surface area contributed by atoms with E-state index in [4.69, 9.17) is 4.74 Å². The predicted octanol–water partition coefficient (Wildman–Crippen LogP) is 1.59. The van der Waals surface area contributed by atoms with Crippen LogP contribution in [0.1, 0.15) is 40.5 Å². The minimum atomic E-state index is -1.11. The number of ether oxygens (including phenoxy) is 1. The van der Waals surface area contributed by atoms with E-state index in [1.54, 1.807) is 7.11 Å². The maximum absolute atomic E-state index is 13.7. The predicted molar refractivity (Wildman–Crippen MR) is 100.0 cm³/mol. The Morgan fingerprint density at radius 1 is 1.21 bits per heavy atom. The summed E-state index contributed by atoms with van der Waals surface area (Å²) in [7, 11) is 1.77. The molecule has 0 spiro atoms. The number of piperidine rings is 1. The van der Waals surface area contributed by atoms with Gasteiger partial charge in [0, 0.05) is 37.9 Å². The lowest BCUT2D eigenvalue weighted by Gasteiger charge is -2.31. The number of halogens is 2. The molecule has 0 radical (unpaired) electrons. The summed E-state index contributed by atoms with van der Waals surface area (Å²) in [6.07, 6.45) is 1.05. The first-order valence-electron chi connectivity index (χ1n) is 9.33. The average molecular weight is 407 g/mol. The molecule has 2 unspecified atom stereocenters. The Morgan fingerprint density at radius 2 is 1.90 bits per heavy atom. The quantitative estimate of drug-likeness (QED) is 0.743. The summed E-state index contributed by atoms with van der Waals surface area (Å²) in [6, 6.07) is 0.305. The Balaban J connectivity index is 0.000000252. The molecule has 2 fully saturated rings. The number of allylic oxidation sites excluding steroid dienone is 1. The van der Waals surface area contributed by atoms with Crippen LogP contribution < -0.4 is 10.6 Å². The highest BCUT2D eigenvalue weighted by molar-refractivity contribution is 6.23. The summed E-state index contributed by atoms with van der Waals surface area (Å²) in [6.45, 7) is 7.98. The fraction of sp³-hybridized carbons (Fsp3) is 0.450. The fourth-order valence-electron chi connectivity index (χ4n) is 3.43. The molecule has 9 heteroatoms. The lowest BCUT2D eigenvalue weighted by Crippen LogP contribution is -2.51. The van der Waals surface area contributed by atoms with E-state index in [9.17, 15) is 23.2 Å². The Labute approximate surface area is 167 Å². The topological polar surface area (TPSA) is 87.7 Å². The zero-order valence-electron chi connectivity index (χ0n) is 16.3. The summed E-state index contributed by atoms with van der Waals surface area (Å²) in [5, 5.41) is 5.65. The summed E-state index contributed by atoms with van der Waals surface area (Å²) in [5.41, 5.74) is -0.349. The zero-order valence-corrected chi connectivity index (χ0v) is 16.3. The van der Waals surface area contributed by atoms with Gasteiger partial charge in [0.05, 0.1) is 17.2 Å². The SMILES string of the molecule is C=C1CCC(N2C(=O)c3cc(F)cc(F)c3C2=O)C(=O)N1.COC(C)C1CNC1. The highest BCUT2D eigenvalue weighted by Gasteiger charge is 2.45. The molecule has 3 aliphatic heterocycles. The molecule has 3 heterocycles. The van der Waals surface area contributed by atoms with Crippen molar-refractivity contribution in [2.24, 2.45) is 5.92 Å². The zero-order chi connectivity index (χ0) is 21.3. The van der Waals surface area contributed by atoms with E-state index in [1.807, 2.05) is 0 Å². The van der Waals surface area contributed by atoms with Gasteiger partial charge in [-0.1, -0.05) is 6.58 Å². The maximum Gasteiger partial charge on any atom is 0.265 e. The molecule has 2 saturated heterocycles. The number of nitrogens with one attached hydrogen (secondary N) is 2. The second kappa shape index (κ2) is 8.38. The van der Waals surface area contributed by atoms with E-state index >= 15 is 0 Å². The largest absolute Gasteiger partial charge is 0.381 e. The molecule has 4 rings (SSSR count). The highest BCUT2D eigenvalue weighted by atomic mass is 19.1. The minimum absolute atomic E-state index is 0.209. The first-order chi connectivity index (χ1) is 13.7. The number of benzene rings is 1. The van der Waals surface area contributed by atoms with Gasteiger partial charge in [0.2, 0.25) is 5.91 Å². The molecule has 0 bridgehead atoms. The molecule has 1 aromatic carbocycles. The van der Waals surface area contributed by atoms with Gasteiger partial charge in [-0.3, -0.25) is 19.3 Å². The van der Waals surface area contributed by atoms with Crippen molar-refractivity contribution in [1.82, 2.24) is 15.5 Å². The maximum atomic E-state index is 13.7. The van der Waals surface area contributed by atoms with Gasteiger partial charge in [0.1, 0.15) is 17.7 Å². The third kappa shape index (κ3) is 4.06. The van der Waals surface area contributed by atoms with Gasteiger partial charge in [-0.25, -0.2) is 8.78 Å². The molecule has 29 heavy (non-hydrogen) atoms. The van der Waals surface area contributed by atoms with Crippen LogP contribution in [0.4, 0.5) is 8.78 Å². The smallest absolute Gasteiger partial charge is 0.265 e. The van der Waals surface area contributed by atoms with Crippen LogP contribution in [0.25, 0.3) is 0 Å². The number of imide groups is 1. The monoisotopic (exact) mass is 407 g/mol. The molecule has 3 amide bonds. The molecular formula is C20H23F2N3O4. The Bertz CT molecular complexity index is 867. The first-order valence-corrected chi connectivity index (χ1v) is 9.33. The van der Waals surface area contributed by atoms with Gasteiger partial charge in [-0.15, -0.1) is 0 Å². The van der Waals surface area contributed by atoms with E-state index in [2.05, 4.69) is 24.1 Å². The van der Waals surface area contributed by atoms with Crippen molar-refractivity contribution < 1.29 is 27.9 Å². The van der Waals surface area contributed by atoms with Gasteiger partial charge in [-0.2, -0.15) is 0 Å². The van der Waals surface area contributed by atoms with E-state index in [1.165, 1.54) is 0 Å². The third-order valence-corrected chi connectivity index (χ3v) is 5.42. The van der Waals surface area contributed by atoms with Crippen molar-refractivity contribution in [2.45, 2.75) is 31.9 Å². The molecule has 3 aliphatic rings. The number of hydrogen-bond donors (Lipinski definition) is 2. The molecular weight excluding hydrogens is 384 g/mol. The average Bonchev–Trinajstić information content (AvgIpc) is 2.85. The van der Waals surface area contributed by atoms with Gasteiger partial charge in [0.25, 0.3) is 11.8 Å². The Kier molecular flexibility index (Phi) is 6.09. The number of amides is 3. The number of nitrogens with zero attached hydrogens (tertiary/aromatic N) is 1. The van der Waals surface area contributed by atoms with Crippen molar-refractivity contribution >= 4 is 17.7 Å². The standard InChI is InChI=1S/C14H10F2N2O3.C6H13NO/c1-6-2-3-10(12(19)17-6)18-13(20)8-4-7(15)5-9(16)11(8)14(18)21;1-5(8-2)6-3-7-4-6/h4-5,10H,1-3H2,(H,17,19);5-7H,3-4H2,1-2H3. The summed E-state index contributed by atoms with van der Waals surface area (Å²) < 4.78 is 32.0. The van der Waals surface area contributed by atoms with Gasteiger partial charge >= 0.3 is 0 Å². The van der Waals surface area contributed by atoms with Crippen molar-refractivity contribution in [1.29, 1.82) is 0 Å². The number of hydrogen-bond acceptors (Lipinski definition) is 5. The first kappa shape index (κ1) is 21.1. The van der Waals surface area contributed by atoms with Crippen molar-refractivity contribution in [3.63, 3.8) is 0 Å². The number of fused-ring (bicyclic) bond motifs is 1. The van der Waals surface area contributed by atoms with Gasteiger partial charge < -0.3 is 15.4 Å².